The molecule has 0 aliphatic carbocycles. The minimum Gasteiger partial charge on any atom is -0.325 e. The van der Waals surface area contributed by atoms with Crippen molar-refractivity contribution in [3.63, 3.8) is 0 Å². The third kappa shape index (κ3) is 4.08. The van der Waals surface area contributed by atoms with Crippen molar-refractivity contribution in [2.45, 2.75) is 6.92 Å². The highest BCUT2D eigenvalue weighted by atomic mass is 32.2. The Balaban J connectivity index is 2.74. The molecule has 0 saturated heterocycles. The molecule has 0 heterocycles. The topological polar surface area (TPSA) is 66.5 Å². The lowest BCUT2D eigenvalue weighted by atomic mass is 10.2. The molecule has 5 nitrogen and oxygen atoms in total. The quantitative estimate of drug-likeness (QED) is 0.889. The molecule has 0 saturated carbocycles. The monoisotopic (exact) mass is 274 g/mol. The van der Waals surface area contributed by atoms with E-state index in [0.29, 0.717) is 11.3 Å². The Morgan fingerprint density at radius 3 is 2.61 bits per heavy atom. The number of sulfonamides is 1. The fraction of sp³-hybridized carbons (Fsp3) is 0.364. The lowest BCUT2D eigenvalue weighted by molar-refractivity contribution is -0.116. The van der Waals surface area contributed by atoms with E-state index in [1.807, 2.05) is 0 Å². The second kappa shape index (κ2) is 5.45. The van der Waals surface area contributed by atoms with E-state index in [-0.39, 0.29) is 6.54 Å². The SMILES string of the molecule is Cc1ccc(F)cc1NC(=O)CN(C)S(C)(=O)=O. The van der Waals surface area contributed by atoms with Crippen LogP contribution in [0, 0.1) is 12.7 Å². The van der Waals surface area contributed by atoms with E-state index < -0.39 is 21.7 Å². The zero-order chi connectivity index (χ0) is 13.9. The number of nitrogens with zero attached hydrogens (tertiary/aromatic N) is 1. The predicted octanol–water partition coefficient (Wildman–Crippen LogP) is 0.964. The van der Waals surface area contributed by atoms with E-state index >= 15 is 0 Å². The number of carbonyl (C=O) groups is 1. The second-order valence-electron chi connectivity index (χ2n) is 4.03. The Bertz CT molecular complexity index is 557. The molecule has 0 aromatic heterocycles. The summed E-state index contributed by atoms with van der Waals surface area (Å²) < 4.78 is 36.2. The zero-order valence-corrected chi connectivity index (χ0v) is 11.2. The summed E-state index contributed by atoms with van der Waals surface area (Å²) in [5.74, 6) is -0.982. The van der Waals surface area contributed by atoms with Crippen LogP contribution in [0.15, 0.2) is 18.2 Å². The van der Waals surface area contributed by atoms with Crippen LogP contribution in [-0.4, -0.2) is 38.5 Å². The van der Waals surface area contributed by atoms with Crippen LogP contribution in [-0.2, 0) is 14.8 Å². The van der Waals surface area contributed by atoms with Gasteiger partial charge in [0.1, 0.15) is 5.82 Å². The van der Waals surface area contributed by atoms with Crippen molar-refractivity contribution in [3.8, 4) is 0 Å². The average Bonchev–Trinajstić information content (AvgIpc) is 2.22. The van der Waals surface area contributed by atoms with Gasteiger partial charge in [0.25, 0.3) is 0 Å². The van der Waals surface area contributed by atoms with Crippen molar-refractivity contribution < 1.29 is 17.6 Å². The van der Waals surface area contributed by atoms with Crippen molar-refractivity contribution in [1.82, 2.24) is 4.31 Å². The van der Waals surface area contributed by atoms with Gasteiger partial charge < -0.3 is 5.32 Å². The molecule has 0 unspecified atom stereocenters. The zero-order valence-electron chi connectivity index (χ0n) is 10.4. The molecule has 0 radical (unpaired) electrons. The lowest BCUT2D eigenvalue weighted by Crippen LogP contribution is -2.34. The maximum Gasteiger partial charge on any atom is 0.239 e. The van der Waals surface area contributed by atoms with Crippen LogP contribution in [0.2, 0.25) is 0 Å². The summed E-state index contributed by atoms with van der Waals surface area (Å²) in [7, 11) is -2.11. The number of likely N-dealkylation sites (N-methyl/N-ethyl adjacent to an activating group) is 1. The van der Waals surface area contributed by atoms with E-state index in [1.165, 1.54) is 25.2 Å². The molecule has 18 heavy (non-hydrogen) atoms. The van der Waals surface area contributed by atoms with Gasteiger partial charge in [-0.05, 0) is 24.6 Å². The van der Waals surface area contributed by atoms with E-state index in [2.05, 4.69) is 5.32 Å². The third-order valence-corrected chi connectivity index (χ3v) is 3.67. The first kappa shape index (κ1) is 14.6. The van der Waals surface area contributed by atoms with Crippen molar-refractivity contribution >= 4 is 21.6 Å². The predicted molar refractivity (Wildman–Crippen MR) is 67.2 cm³/mol. The average molecular weight is 274 g/mol. The minimum atomic E-state index is -3.41. The normalized spacial score (nSPS) is 11.6. The Labute approximate surface area is 106 Å². The standard InChI is InChI=1S/C11H15FN2O3S/c1-8-4-5-9(12)6-10(8)13-11(15)7-14(2)18(3,16)17/h4-6H,7H2,1-3H3,(H,13,15). The molecule has 0 aliphatic heterocycles. The number of hydrogen-bond acceptors (Lipinski definition) is 3. The van der Waals surface area contributed by atoms with Crippen LogP contribution in [0.1, 0.15) is 5.56 Å². The number of rotatable bonds is 4. The first-order valence-corrected chi connectivity index (χ1v) is 7.02. The Morgan fingerprint density at radius 1 is 1.44 bits per heavy atom. The van der Waals surface area contributed by atoms with Gasteiger partial charge in [0.05, 0.1) is 12.8 Å². The van der Waals surface area contributed by atoms with Crippen LogP contribution in [0.4, 0.5) is 10.1 Å². The molecule has 100 valence electrons. The van der Waals surface area contributed by atoms with Gasteiger partial charge in [-0.1, -0.05) is 6.07 Å². The molecule has 0 spiro atoms. The maximum atomic E-state index is 13.0. The summed E-state index contributed by atoms with van der Waals surface area (Å²) in [6, 6.07) is 4.01. The molecule has 1 amide bonds. The van der Waals surface area contributed by atoms with Crippen LogP contribution in [0.5, 0.6) is 0 Å². The highest BCUT2D eigenvalue weighted by Gasteiger charge is 2.15. The molecule has 0 bridgehead atoms. The van der Waals surface area contributed by atoms with E-state index in [1.54, 1.807) is 6.92 Å². The minimum absolute atomic E-state index is 0.311. The van der Waals surface area contributed by atoms with Gasteiger partial charge in [-0.2, -0.15) is 4.31 Å². The van der Waals surface area contributed by atoms with Crippen LogP contribution in [0.3, 0.4) is 0 Å². The number of hydrogen-bond donors (Lipinski definition) is 1. The Hall–Kier alpha value is -1.47. The first-order chi connectivity index (χ1) is 8.20. The number of anilines is 1. The second-order valence-corrected chi connectivity index (χ2v) is 6.12. The van der Waals surface area contributed by atoms with Crippen molar-refractivity contribution in [2.75, 3.05) is 25.2 Å². The van der Waals surface area contributed by atoms with Gasteiger partial charge in [-0.25, -0.2) is 12.8 Å². The largest absolute Gasteiger partial charge is 0.325 e. The van der Waals surface area contributed by atoms with Crippen molar-refractivity contribution in [1.29, 1.82) is 0 Å². The van der Waals surface area contributed by atoms with Gasteiger partial charge in [0.15, 0.2) is 0 Å². The summed E-state index contributed by atoms with van der Waals surface area (Å²) in [6.07, 6.45) is 1.01. The third-order valence-electron chi connectivity index (χ3n) is 2.41. The van der Waals surface area contributed by atoms with Crippen molar-refractivity contribution in [3.05, 3.63) is 29.6 Å². The Kier molecular flexibility index (Phi) is 4.42. The summed E-state index contributed by atoms with van der Waals surface area (Å²) in [5, 5.41) is 2.47. The highest BCUT2D eigenvalue weighted by molar-refractivity contribution is 7.88. The summed E-state index contributed by atoms with van der Waals surface area (Å²) in [4.78, 5) is 11.6. The number of nitrogens with one attached hydrogen (secondary N) is 1. The highest BCUT2D eigenvalue weighted by Crippen LogP contribution is 2.15. The molecule has 0 atom stereocenters. The van der Waals surface area contributed by atoms with Gasteiger partial charge in [0.2, 0.25) is 15.9 Å². The summed E-state index contributed by atoms with van der Waals surface area (Å²) >= 11 is 0. The number of aryl methyl sites for hydroxylation is 1. The lowest BCUT2D eigenvalue weighted by Gasteiger charge is -2.14. The molecule has 1 aromatic carbocycles. The van der Waals surface area contributed by atoms with Crippen molar-refractivity contribution in [2.24, 2.45) is 0 Å². The van der Waals surface area contributed by atoms with Gasteiger partial charge >= 0.3 is 0 Å². The van der Waals surface area contributed by atoms with Crippen LogP contribution >= 0.6 is 0 Å². The molecule has 0 aliphatic rings. The number of halogens is 1. The van der Waals surface area contributed by atoms with E-state index in [9.17, 15) is 17.6 Å². The number of benzene rings is 1. The molecular formula is C11H15FN2O3S. The van der Waals surface area contributed by atoms with Crippen LogP contribution < -0.4 is 5.32 Å². The molecular weight excluding hydrogens is 259 g/mol. The molecule has 1 N–H and O–H groups in total. The van der Waals surface area contributed by atoms with E-state index in [0.717, 1.165) is 10.6 Å². The van der Waals surface area contributed by atoms with Gasteiger partial charge in [-0.3, -0.25) is 4.79 Å². The molecule has 1 rings (SSSR count). The molecule has 1 aromatic rings. The number of amides is 1. The molecule has 7 heteroatoms. The fourth-order valence-corrected chi connectivity index (χ4v) is 1.59. The van der Waals surface area contributed by atoms with Gasteiger partial charge in [0, 0.05) is 12.7 Å². The summed E-state index contributed by atoms with van der Waals surface area (Å²) in [6.45, 7) is 1.41. The summed E-state index contributed by atoms with van der Waals surface area (Å²) in [5.41, 5.74) is 1.04. The Morgan fingerprint density at radius 2 is 2.06 bits per heavy atom. The fourth-order valence-electron chi connectivity index (χ4n) is 1.24. The van der Waals surface area contributed by atoms with Gasteiger partial charge in [-0.15, -0.1) is 0 Å². The first-order valence-electron chi connectivity index (χ1n) is 5.17. The maximum absolute atomic E-state index is 13.0. The smallest absolute Gasteiger partial charge is 0.239 e. The van der Waals surface area contributed by atoms with E-state index in [4.69, 9.17) is 0 Å². The number of carbonyl (C=O) groups excluding carboxylic acids is 1. The van der Waals surface area contributed by atoms with Crippen LogP contribution in [0.25, 0.3) is 0 Å². The molecule has 0 fully saturated rings.